The summed E-state index contributed by atoms with van der Waals surface area (Å²) < 4.78 is 7.39. The highest BCUT2D eigenvalue weighted by Gasteiger charge is 2.09. The van der Waals surface area contributed by atoms with Crippen molar-refractivity contribution < 1.29 is 4.74 Å². The van der Waals surface area contributed by atoms with Gasteiger partial charge in [-0.15, -0.1) is 0 Å². The Balaban J connectivity index is 2.06. The molecule has 1 N–H and O–H groups in total. The summed E-state index contributed by atoms with van der Waals surface area (Å²) in [6, 6.07) is 10.3. The summed E-state index contributed by atoms with van der Waals surface area (Å²) in [4.78, 5) is 0. The van der Waals surface area contributed by atoms with E-state index < -0.39 is 0 Å². The van der Waals surface area contributed by atoms with Crippen molar-refractivity contribution in [3.8, 4) is 0 Å². The molecule has 0 saturated carbocycles. The lowest BCUT2D eigenvalue weighted by molar-refractivity contribution is 0.199. The number of benzene rings is 1. The van der Waals surface area contributed by atoms with E-state index >= 15 is 0 Å². The van der Waals surface area contributed by atoms with Crippen LogP contribution in [0.4, 0.5) is 0 Å². The molecule has 0 aliphatic carbocycles. The van der Waals surface area contributed by atoms with Gasteiger partial charge in [-0.05, 0) is 43.2 Å². The summed E-state index contributed by atoms with van der Waals surface area (Å²) in [5, 5.41) is 4.18. The maximum atomic E-state index is 5.94. The topological polar surface area (TPSA) is 26.2 Å². The molecule has 1 heterocycles. The summed E-state index contributed by atoms with van der Waals surface area (Å²) >= 11 is 5.94. The van der Waals surface area contributed by atoms with Gasteiger partial charge in [0.15, 0.2) is 0 Å². The van der Waals surface area contributed by atoms with Crippen LogP contribution >= 0.6 is 11.6 Å². The molecule has 0 bridgehead atoms. The Hall–Kier alpha value is -1.29. The van der Waals surface area contributed by atoms with Crippen molar-refractivity contribution in [1.82, 2.24) is 9.88 Å². The fraction of sp³-hybridized carbons (Fsp3) is 0.412. The monoisotopic (exact) mass is 306 g/mol. The van der Waals surface area contributed by atoms with Crippen LogP contribution in [-0.2, 0) is 17.8 Å². The highest BCUT2D eigenvalue weighted by Crippen LogP contribution is 2.18. The van der Waals surface area contributed by atoms with E-state index in [9.17, 15) is 0 Å². The molecule has 114 valence electrons. The maximum absolute atomic E-state index is 5.94. The third-order valence-electron chi connectivity index (χ3n) is 3.73. The van der Waals surface area contributed by atoms with Crippen LogP contribution in [0.15, 0.2) is 30.3 Å². The molecule has 1 aromatic heterocycles. The number of methoxy groups -OCH3 is 1. The van der Waals surface area contributed by atoms with E-state index in [0.29, 0.717) is 0 Å². The Kier molecular flexibility index (Phi) is 5.85. The molecule has 0 aliphatic heterocycles. The van der Waals surface area contributed by atoms with Crippen LogP contribution in [0.25, 0.3) is 0 Å². The second-order valence-electron chi connectivity index (χ2n) is 5.28. The average molecular weight is 307 g/mol. The number of aryl methyl sites for hydroxylation is 1. The van der Waals surface area contributed by atoms with Gasteiger partial charge in [-0.25, -0.2) is 0 Å². The molecule has 21 heavy (non-hydrogen) atoms. The molecule has 0 amide bonds. The Morgan fingerprint density at radius 2 is 1.90 bits per heavy atom. The van der Waals surface area contributed by atoms with E-state index in [4.69, 9.17) is 16.3 Å². The molecule has 4 heteroatoms. The minimum Gasteiger partial charge on any atom is -0.383 e. The van der Waals surface area contributed by atoms with Gasteiger partial charge in [-0.2, -0.15) is 0 Å². The van der Waals surface area contributed by atoms with Crippen molar-refractivity contribution in [3.63, 3.8) is 0 Å². The van der Waals surface area contributed by atoms with Gasteiger partial charge in [0.25, 0.3) is 0 Å². The van der Waals surface area contributed by atoms with Gasteiger partial charge in [-0.1, -0.05) is 23.7 Å². The zero-order chi connectivity index (χ0) is 15.2. The summed E-state index contributed by atoms with van der Waals surface area (Å²) in [6.07, 6.45) is 0. The van der Waals surface area contributed by atoms with Crippen LogP contribution in [-0.4, -0.2) is 24.8 Å². The van der Waals surface area contributed by atoms with Gasteiger partial charge in [0, 0.05) is 43.2 Å². The Morgan fingerprint density at radius 3 is 2.57 bits per heavy atom. The lowest BCUT2D eigenvalue weighted by atomic mass is 10.2. The van der Waals surface area contributed by atoms with Crippen LogP contribution in [0.3, 0.4) is 0 Å². The minimum absolute atomic E-state index is 0.740. The van der Waals surface area contributed by atoms with Gasteiger partial charge in [0.1, 0.15) is 0 Å². The number of ether oxygens (including phenoxy) is 1. The van der Waals surface area contributed by atoms with Crippen LogP contribution in [0, 0.1) is 13.8 Å². The van der Waals surface area contributed by atoms with Crippen LogP contribution in [0.1, 0.15) is 22.5 Å². The molecule has 0 unspecified atom stereocenters. The number of hydrogen-bond acceptors (Lipinski definition) is 2. The molecular weight excluding hydrogens is 284 g/mol. The lowest BCUT2D eigenvalue weighted by Gasteiger charge is -2.10. The van der Waals surface area contributed by atoms with Crippen molar-refractivity contribution in [2.75, 3.05) is 20.3 Å². The number of nitrogens with one attached hydrogen (secondary N) is 1. The van der Waals surface area contributed by atoms with Gasteiger partial charge in [-0.3, -0.25) is 0 Å². The highest BCUT2D eigenvalue weighted by atomic mass is 35.5. The predicted octanol–water partition coefficient (Wildman–Crippen LogP) is 3.54. The van der Waals surface area contributed by atoms with Gasteiger partial charge in [0.2, 0.25) is 0 Å². The fourth-order valence-corrected chi connectivity index (χ4v) is 2.59. The molecule has 3 nitrogen and oxygen atoms in total. The van der Waals surface area contributed by atoms with E-state index in [0.717, 1.165) is 31.3 Å². The zero-order valence-electron chi connectivity index (χ0n) is 12.9. The van der Waals surface area contributed by atoms with Crippen molar-refractivity contribution in [2.24, 2.45) is 0 Å². The first-order valence-electron chi connectivity index (χ1n) is 7.21. The van der Waals surface area contributed by atoms with Crippen molar-refractivity contribution in [2.45, 2.75) is 26.9 Å². The second-order valence-corrected chi connectivity index (χ2v) is 5.71. The predicted molar refractivity (Wildman–Crippen MR) is 88.0 cm³/mol. The average Bonchev–Trinajstić information content (AvgIpc) is 2.73. The quantitative estimate of drug-likeness (QED) is 0.792. The molecule has 1 aromatic carbocycles. The van der Waals surface area contributed by atoms with Crippen LogP contribution in [0.5, 0.6) is 0 Å². The lowest BCUT2D eigenvalue weighted by Crippen LogP contribution is -2.18. The van der Waals surface area contributed by atoms with E-state index in [1.165, 1.54) is 22.5 Å². The summed E-state index contributed by atoms with van der Waals surface area (Å²) in [5.41, 5.74) is 5.20. The molecule has 2 aromatic rings. The third kappa shape index (κ3) is 4.34. The van der Waals surface area contributed by atoms with E-state index in [1.54, 1.807) is 7.11 Å². The summed E-state index contributed by atoms with van der Waals surface area (Å²) in [7, 11) is 1.72. The van der Waals surface area contributed by atoms with Gasteiger partial charge < -0.3 is 14.6 Å². The van der Waals surface area contributed by atoms with Crippen molar-refractivity contribution in [1.29, 1.82) is 0 Å². The molecule has 0 saturated heterocycles. The van der Waals surface area contributed by atoms with Gasteiger partial charge in [0.05, 0.1) is 6.61 Å². The first-order valence-corrected chi connectivity index (χ1v) is 7.59. The third-order valence-corrected chi connectivity index (χ3v) is 3.98. The standard InChI is InChI=1S/C17H23ClN2O/c1-13-10-16(11-19-8-9-21-3)14(2)20(13)12-15-4-6-17(18)7-5-15/h4-7,10,19H,8-9,11-12H2,1-3H3. The number of aromatic nitrogens is 1. The Morgan fingerprint density at radius 1 is 1.19 bits per heavy atom. The van der Waals surface area contributed by atoms with Gasteiger partial charge >= 0.3 is 0 Å². The number of hydrogen-bond donors (Lipinski definition) is 1. The molecule has 0 radical (unpaired) electrons. The Bertz CT molecular complexity index is 575. The highest BCUT2D eigenvalue weighted by molar-refractivity contribution is 6.30. The first-order chi connectivity index (χ1) is 10.1. The molecule has 0 aliphatic rings. The first kappa shape index (κ1) is 16.1. The number of nitrogens with zero attached hydrogens (tertiary/aromatic N) is 1. The van der Waals surface area contributed by atoms with Crippen LogP contribution in [0.2, 0.25) is 5.02 Å². The molecule has 0 atom stereocenters. The van der Waals surface area contributed by atoms with E-state index in [1.807, 2.05) is 12.1 Å². The second kappa shape index (κ2) is 7.64. The molecule has 2 rings (SSSR count). The summed E-state index contributed by atoms with van der Waals surface area (Å²) in [6.45, 7) is 7.70. The molecule has 0 spiro atoms. The number of halogens is 1. The largest absolute Gasteiger partial charge is 0.383 e. The fourth-order valence-electron chi connectivity index (χ4n) is 2.46. The molecular formula is C17H23ClN2O. The van der Waals surface area contributed by atoms with Crippen molar-refractivity contribution in [3.05, 3.63) is 57.9 Å². The SMILES string of the molecule is COCCNCc1cc(C)n(Cc2ccc(Cl)cc2)c1C. The molecule has 0 fully saturated rings. The number of rotatable bonds is 7. The van der Waals surface area contributed by atoms with E-state index in [2.05, 4.69) is 41.9 Å². The normalized spacial score (nSPS) is 11.0. The maximum Gasteiger partial charge on any atom is 0.0587 e. The Labute approximate surface area is 131 Å². The van der Waals surface area contributed by atoms with Crippen molar-refractivity contribution >= 4 is 11.6 Å². The van der Waals surface area contributed by atoms with Crippen LogP contribution < -0.4 is 5.32 Å². The minimum atomic E-state index is 0.740. The summed E-state index contributed by atoms with van der Waals surface area (Å²) in [5.74, 6) is 0. The zero-order valence-corrected chi connectivity index (χ0v) is 13.7. The smallest absolute Gasteiger partial charge is 0.0587 e. The van der Waals surface area contributed by atoms with E-state index in [-0.39, 0.29) is 0 Å².